The summed E-state index contributed by atoms with van der Waals surface area (Å²) in [5.74, 6) is 0. The molecule has 1 N–H and O–H groups in total. The first-order valence-electron chi connectivity index (χ1n) is 5.55. The number of hydrogen-bond donors (Lipinski definition) is 1. The van der Waals surface area contributed by atoms with Crippen molar-refractivity contribution in [2.45, 2.75) is 38.8 Å². The smallest absolute Gasteiger partial charge is 0.104 e. The number of thiophene rings is 1. The first-order valence-corrected chi connectivity index (χ1v) is 6.43. The van der Waals surface area contributed by atoms with Gasteiger partial charge in [0.15, 0.2) is 0 Å². The molecule has 84 valence electrons. The van der Waals surface area contributed by atoms with E-state index in [4.69, 9.17) is 4.74 Å². The maximum atomic E-state index is 5.96. The maximum Gasteiger partial charge on any atom is 0.104 e. The molecule has 2 heterocycles. The van der Waals surface area contributed by atoms with Gasteiger partial charge in [-0.15, -0.1) is 11.3 Å². The lowest BCUT2D eigenvalue weighted by Gasteiger charge is -2.38. The zero-order chi connectivity index (χ0) is 10.9. The van der Waals surface area contributed by atoms with Crippen molar-refractivity contribution in [3.63, 3.8) is 0 Å². The van der Waals surface area contributed by atoms with Gasteiger partial charge in [0.1, 0.15) is 6.10 Å². The number of morpholine rings is 1. The molecule has 1 saturated heterocycles. The fourth-order valence-corrected chi connectivity index (χ4v) is 2.82. The predicted molar refractivity (Wildman–Crippen MR) is 64.4 cm³/mol. The molecule has 2 atom stereocenters. The molecule has 0 aliphatic carbocycles. The van der Waals surface area contributed by atoms with Crippen LogP contribution in [0.15, 0.2) is 11.4 Å². The van der Waals surface area contributed by atoms with Crippen LogP contribution in [0, 0.1) is 6.92 Å². The van der Waals surface area contributed by atoms with Gasteiger partial charge in [0.05, 0.1) is 6.61 Å². The molecule has 3 heteroatoms. The Morgan fingerprint density at radius 1 is 1.67 bits per heavy atom. The molecule has 2 unspecified atom stereocenters. The zero-order valence-corrected chi connectivity index (χ0v) is 10.5. The van der Waals surface area contributed by atoms with E-state index in [9.17, 15) is 0 Å². The molecule has 0 spiro atoms. The quantitative estimate of drug-likeness (QED) is 0.835. The van der Waals surface area contributed by atoms with Gasteiger partial charge >= 0.3 is 0 Å². The zero-order valence-electron chi connectivity index (χ0n) is 9.67. The average molecular weight is 225 g/mol. The monoisotopic (exact) mass is 225 g/mol. The van der Waals surface area contributed by atoms with Gasteiger partial charge in [-0.25, -0.2) is 0 Å². The summed E-state index contributed by atoms with van der Waals surface area (Å²) in [6.45, 7) is 8.33. The lowest BCUT2D eigenvalue weighted by Crippen LogP contribution is -2.52. The number of aryl methyl sites for hydroxylation is 1. The molecule has 0 bridgehead atoms. The van der Waals surface area contributed by atoms with Gasteiger partial charge in [-0.2, -0.15) is 0 Å². The van der Waals surface area contributed by atoms with Crippen molar-refractivity contribution < 1.29 is 4.74 Å². The first kappa shape index (κ1) is 11.1. The summed E-state index contributed by atoms with van der Waals surface area (Å²) in [4.78, 5) is 1.38. The van der Waals surface area contributed by atoms with Gasteiger partial charge in [0, 0.05) is 17.0 Å². The molecule has 1 aromatic heterocycles. The van der Waals surface area contributed by atoms with Gasteiger partial charge < -0.3 is 10.1 Å². The third-order valence-corrected chi connectivity index (χ3v) is 4.40. The van der Waals surface area contributed by atoms with E-state index in [2.05, 4.69) is 37.5 Å². The Hall–Kier alpha value is -0.380. The van der Waals surface area contributed by atoms with Crippen LogP contribution in [0.3, 0.4) is 0 Å². The molecular formula is C12H19NOS. The van der Waals surface area contributed by atoms with E-state index in [1.165, 1.54) is 10.4 Å². The van der Waals surface area contributed by atoms with Crippen molar-refractivity contribution in [2.24, 2.45) is 0 Å². The van der Waals surface area contributed by atoms with Crippen molar-refractivity contribution >= 4 is 11.3 Å². The number of nitrogens with one attached hydrogen (secondary N) is 1. The van der Waals surface area contributed by atoms with E-state index in [0.717, 1.165) is 19.6 Å². The molecule has 1 fully saturated rings. The van der Waals surface area contributed by atoms with Crippen LogP contribution in [0.25, 0.3) is 0 Å². The number of ether oxygens (including phenoxy) is 1. The predicted octanol–water partition coefficient (Wildman–Crippen LogP) is 2.89. The summed E-state index contributed by atoms with van der Waals surface area (Å²) in [5, 5.41) is 5.73. The minimum absolute atomic E-state index is 0.168. The Kier molecular flexibility index (Phi) is 3.14. The second kappa shape index (κ2) is 4.24. The second-order valence-electron chi connectivity index (χ2n) is 4.56. The SMILES string of the molecule is CCC1(C)COC(c2sccc2C)CN1. The van der Waals surface area contributed by atoms with Crippen LogP contribution in [0.2, 0.25) is 0 Å². The first-order chi connectivity index (χ1) is 7.14. The summed E-state index contributed by atoms with van der Waals surface area (Å²) < 4.78 is 5.96. The van der Waals surface area contributed by atoms with Crippen LogP contribution >= 0.6 is 11.3 Å². The van der Waals surface area contributed by atoms with Gasteiger partial charge in [-0.05, 0) is 37.3 Å². The van der Waals surface area contributed by atoms with Crippen molar-refractivity contribution in [1.29, 1.82) is 0 Å². The van der Waals surface area contributed by atoms with Crippen LogP contribution in [-0.2, 0) is 4.74 Å². The van der Waals surface area contributed by atoms with Crippen LogP contribution in [0.1, 0.15) is 36.8 Å². The summed E-state index contributed by atoms with van der Waals surface area (Å²) in [5.41, 5.74) is 1.52. The van der Waals surface area contributed by atoms with Crippen molar-refractivity contribution in [2.75, 3.05) is 13.2 Å². The Labute approximate surface area is 95.6 Å². The van der Waals surface area contributed by atoms with E-state index in [1.807, 2.05) is 0 Å². The van der Waals surface area contributed by atoms with Crippen molar-refractivity contribution in [3.8, 4) is 0 Å². The van der Waals surface area contributed by atoms with E-state index < -0.39 is 0 Å². The molecule has 15 heavy (non-hydrogen) atoms. The van der Waals surface area contributed by atoms with E-state index >= 15 is 0 Å². The molecule has 0 aromatic carbocycles. The Bertz CT molecular complexity index is 326. The largest absolute Gasteiger partial charge is 0.369 e. The van der Waals surface area contributed by atoms with E-state index in [-0.39, 0.29) is 11.6 Å². The van der Waals surface area contributed by atoms with Crippen molar-refractivity contribution in [3.05, 3.63) is 21.9 Å². The Morgan fingerprint density at radius 3 is 2.93 bits per heavy atom. The van der Waals surface area contributed by atoms with Crippen LogP contribution < -0.4 is 5.32 Å². The van der Waals surface area contributed by atoms with Crippen LogP contribution in [0.4, 0.5) is 0 Å². The summed E-state index contributed by atoms with van der Waals surface area (Å²) in [7, 11) is 0. The van der Waals surface area contributed by atoms with Gasteiger partial charge in [0.25, 0.3) is 0 Å². The van der Waals surface area contributed by atoms with E-state index in [1.54, 1.807) is 11.3 Å². The normalized spacial score (nSPS) is 31.8. The standard InChI is InChI=1S/C12H19NOS/c1-4-12(3)8-14-10(7-13-12)11-9(2)5-6-15-11/h5-6,10,13H,4,7-8H2,1-3H3. The molecule has 0 radical (unpaired) electrons. The topological polar surface area (TPSA) is 21.3 Å². The fraction of sp³-hybridized carbons (Fsp3) is 0.667. The molecule has 0 amide bonds. The molecule has 1 aliphatic rings. The average Bonchev–Trinajstić information content (AvgIpc) is 2.66. The lowest BCUT2D eigenvalue weighted by molar-refractivity contribution is -0.0284. The molecule has 2 nitrogen and oxygen atoms in total. The number of hydrogen-bond acceptors (Lipinski definition) is 3. The Balaban J connectivity index is 2.03. The van der Waals surface area contributed by atoms with E-state index in [0.29, 0.717) is 0 Å². The summed E-state index contributed by atoms with van der Waals surface area (Å²) in [6.07, 6.45) is 1.37. The third kappa shape index (κ3) is 2.25. The molecule has 1 aliphatic heterocycles. The molecular weight excluding hydrogens is 206 g/mol. The van der Waals surface area contributed by atoms with Gasteiger partial charge in [0.2, 0.25) is 0 Å². The highest BCUT2D eigenvalue weighted by atomic mass is 32.1. The number of rotatable bonds is 2. The highest BCUT2D eigenvalue weighted by Gasteiger charge is 2.31. The van der Waals surface area contributed by atoms with Crippen molar-refractivity contribution in [1.82, 2.24) is 5.32 Å². The third-order valence-electron chi connectivity index (χ3n) is 3.29. The molecule has 0 saturated carbocycles. The minimum Gasteiger partial charge on any atom is -0.369 e. The molecule has 2 rings (SSSR count). The lowest BCUT2D eigenvalue weighted by atomic mass is 9.97. The highest BCUT2D eigenvalue weighted by Crippen LogP contribution is 2.30. The highest BCUT2D eigenvalue weighted by molar-refractivity contribution is 7.10. The van der Waals surface area contributed by atoms with Gasteiger partial charge in [-0.1, -0.05) is 6.92 Å². The van der Waals surface area contributed by atoms with Crippen LogP contribution in [0.5, 0.6) is 0 Å². The fourth-order valence-electron chi connectivity index (χ4n) is 1.84. The minimum atomic E-state index is 0.168. The summed E-state index contributed by atoms with van der Waals surface area (Å²) in [6, 6.07) is 2.16. The summed E-state index contributed by atoms with van der Waals surface area (Å²) >= 11 is 1.80. The second-order valence-corrected chi connectivity index (χ2v) is 5.51. The maximum absolute atomic E-state index is 5.96. The molecule has 1 aromatic rings. The van der Waals surface area contributed by atoms with Gasteiger partial charge in [-0.3, -0.25) is 0 Å². The van der Waals surface area contributed by atoms with Crippen LogP contribution in [-0.4, -0.2) is 18.7 Å². The Morgan fingerprint density at radius 2 is 2.47 bits per heavy atom.